The fraction of sp³-hybridized carbons (Fsp3) is 0.409. The third-order valence-corrected chi connectivity index (χ3v) is 7.02. The van der Waals surface area contributed by atoms with E-state index in [2.05, 4.69) is 0 Å². The molecule has 0 aromatic heterocycles. The van der Waals surface area contributed by atoms with E-state index in [1.165, 1.54) is 0 Å². The van der Waals surface area contributed by atoms with Crippen LogP contribution in [0.15, 0.2) is 53.4 Å². The number of amides is 1. The molecule has 1 fully saturated rings. The molecule has 0 N–H and O–H groups in total. The van der Waals surface area contributed by atoms with Crippen LogP contribution in [0, 0.1) is 6.92 Å². The Labute approximate surface area is 185 Å². The molecular formula is C22H25F3N2O4S. The van der Waals surface area contributed by atoms with Crippen molar-refractivity contribution in [1.82, 2.24) is 4.90 Å². The normalized spacial score (nSPS) is 17.3. The van der Waals surface area contributed by atoms with Gasteiger partial charge < -0.3 is 9.64 Å². The number of carbonyl (C=O) groups excluding carboxylic acids is 1. The van der Waals surface area contributed by atoms with Crippen LogP contribution in [0.3, 0.4) is 0 Å². The summed E-state index contributed by atoms with van der Waals surface area (Å²) >= 11 is 0. The minimum atomic E-state index is -4.68. The number of benzene rings is 2. The first-order valence-electron chi connectivity index (χ1n) is 10.1. The van der Waals surface area contributed by atoms with Crippen molar-refractivity contribution in [3.05, 3.63) is 59.7 Å². The summed E-state index contributed by atoms with van der Waals surface area (Å²) in [5.41, 5.74) is 0.112. The lowest BCUT2D eigenvalue weighted by molar-refractivity contribution is -0.138. The largest absolute Gasteiger partial charge is 0.416 e. The second-order valence-electron chi connectivity index (χ2n) is 7.71. The average Bonchev–Trinajstić information content (AvgIpc) is 2.74. The van der Waals surface area contributed by atoms with Crippen LogP contribution in [0.25, 0.3) is 0 Å². The quantitative estimate of drug-likeness (QED) is 0.643. The fourth-order valence-electron chi connectivity index (χ4n) is 3.46. The molecule has 1 amide bonds. The van der Waals surface area contributed by atoms with Gasteiger partial charge in [-0.25, -0.2) is 8.42 Å². The smallest absolute Gasteiger partial charge is 0.375 e. The molecule has 1 heterocycles. The third kappa shape index (κ3) is 5.60. The summed E-state index contributed by atoms with van der Waals surface area (Å²) in [5, 5.41) is 0. The molecule has 0 radical (unpaired) electrons. The van der Waals surface area contributed by atoms with E-state index >= 15 is 0 Å². The third-order valence-electron chi connectivity index (χ3n) is 5.19. The van der Waals surface area contributed by atoms with E-state index < -0.39 is 26.7 Å². The van der Waals surface area contributed by atoms with Gasteiger partial charge in [0.15, 0.2) is 0 Å². The number of morpholine rings is 1. The number of ether oxygens (including phenoxy) is 1. The summed E-state index contributed by atoms with van der Waals surface area (Å²) in [7, 11) is -4.35. The number of carbonyl (C=O) groups is 1. The molecule has 174 valence electrons. The highest BCUT2D eigenvalue weighted by Gasteiger charge is 2.33. The van der Waals surface area contributed by atoms with Crippen molar-refractivity contribution in [2.45, 2.75) is 37.4 Å². The van der Waals surface area contributed by atoms with Crippen LogP contribution in [0.4, 0.5) is 18.9 Å². The lowest BCUT2D eigenvalue weighted by atomic mass is 10.2. The highest BCUT2D eigenvalue weighted by molar-refractivity contribution is 7.92. The van der Waals surface area contributed by atoms with Crippen LogP contribution in [-0.4, -0.2) is 51.6 Å². The predicted octanol–water partition coefficient (Wildman–Crippen LogP) is 3.85. The number of hydrogen-bond acceptors (Lipinski definition) is 4. The van der Waals surface area contributed by atoms with Gasteiger partial charge in [0.1, 0.15) is 0 Å². The molecule has 3 rings (SSSR count). The van der Waals surface area contributed by atoms with Gasteiger partial charge in [-0.1, -0.05) is 23.8 Å². The van der Waals surface area contributed by atoms with Crippen LogP contribution in [0.1, 0.15) is 24.5 Å². The standard InChI is InChI=1S/C22H25F3N2O4S/c1-16-6-8-19(9-7-16)27(11-10-21(28)26-12-13-31-17(2)15-26)32(29,30)20-5-3-4-18(14-20)22(23,24)25/h3-9,14,17H,10-13,15H2,1-2H3. The van der Waals surface area contributed by atoms with Gasteiger partial charge in [0.25, 0.3) is 10.0 Å². The molecule has 0 spiro atoms. The van der Waals surface area contributed by atoms with E-state index in [-0.39, 0.29) is 30.7 Å². The maximum atomic E-state index is 13.4. The summed E-state index contributed by atoms with van der Waals surface area (Å²) in [4.78, 5) is 13.8. The number of halogens is 3. The Hall–Kier alpha value is -2.59. The van der Waals surface area contributed by atoms with E-state index in [1.807, 2.05) is 13.8 Å². The summed E-state index contributed by atoms with van der Waals surface area (Å²) in [6, 6.07) is 10.2. The van der Waals surface area contributed by atoms with Gasteiger partial charge in [-0.3, -0.25) is 9.10 Å². The minimum absolute atomic E-state index is 0.112. The maximum Gasteiger partial charge on any atom is 0.416 e. The molecule has 2 aromatic rings. The molecule has 1 aliphatic heterocycles. The topological polar surface area (TPSA) is 66.9 Å². The first-order valence-corrected chi connectivity index (χ1v) is 11.6. The summed E-state index contributed by atoms with van der Waals surface area (Å²) in [5.74, 6) is -0.239. The molecular weight excluding hydrogens is 445 g/mol. The van der Waals surface area contributed by atoms with E-state index in [1.54, 1.807) is 29.2 Å². The number of aryl methyl sites for hydroxylation is 1. The number of rotatable bonds is 6. The predicted molar refractivity (Wildman–Crippen MR) is 114 cm³/mol. The summed E-state index contributed by atoms with van der Waals surface area (Å²) < 4.78 is 72.6. The van der Waals surface area contributed by atoms with Gasteiger partial charge >= 0.3 is 6.18 Å². The Morgan fingerprint density at radius 2 is 1.88 bits per heavy atom. The van der Waals surface area contributed by atoms with E-state index in [0.29, 0.717) is 25.8 Å². The molecule has 0 saturated carbocycles. The highest BCUT2D eigenvalue weighted by Crippen LogP contribution is 2.32. The Morgan fingerprint density at radius 1 is 1.19 bits per heavy atom. The number of hydrogen-bond donors (Lipinski definition) is 0. The number of anilines is 1. The van der Waals surface area contributed by atoms with Crippen LogP contribution >= 0.6 is 0 Å². The van der Waals surface area contributed by atoms with Gasteiger partial charge in [0.05, 0.1) is 28.9 Å². The molecule has 6 nitrogen and oxygen atoms in total. The summed E-state index contributed by atoms with van der Waals surface area (Å²) in [6.07, 6.45) is -4.91. The van der Waals surface area contributed by atoms with Gasteiger partial charge in [0.2, 0.25) is 5.91 Å². The molecule has 10 heteroatoms. The van der Waals surface area contributed by atoms with Gasteiger partial charge in [-0.2, -0.15) is 13.2 Å². The Kier molecular flexibility index (Phi) is 7.14. The van der Waals surface area contributed by atoms with Crippen LogP contribution in [-0.2, 0) is 25.7 Å². The van der Waals surface area contributed by atoms with Crippen molar-refractivity contribution in [2.24, 2.45) is 0 Å². The highest BCUT2D eigenvalue weighted by atomic mass is 32.2. The van der Waals surface area contributed by atoms with Crippen molar-refractivity contribution in [3.8, 4) is 0 Å². The van der Waals surface area contributed by atoms with Crippen molar-refractivity contribution >= 4 is 21.6 Å². The van der Waals surface area contributed by atoms with Crippen LogP contribution < -0.4 is 4.31 Å². The van der Waals surface area contributed by atoms with Crippen molar-refractivity contribution in [1.29, 1.82) is 0 Å². The Morgan fingerprint density at radius 3 is 2.50 bits per heavy atom. The first kappa shape index (κ1) is 24.1. The van der Waals surface area contributed by atoms with Crippen molar-refractivity contribution in [3.63, 3.8) is 0 Å². The maximum absolute atomic E-state index is 13.4. The molecule has 0 bridgehead atoms. The van der Waals surface area contributed by atoms with Gasteiger partial charge in [0, 0.05) is 26.1 Å². The van der Waals surface area contributed by atoms with Crippen LogP contribution in [0.2, 0.25) is 0 Å². The second-order valence-corrected chi connectivity index (χ2v) is 9.57. The first-order chi connectivity index (χ1) is 15.0. The molecule has 1 aliphatic rings. The zero-order chi connectivity index (χ0) is 23.5. The Balaban J connectivity index is 1.90. The Bertz CT molecular complexity index is 1060. The zero-order valence-corrected chi connectivity index (χ0v) is 18.6. The number of nitrogens with zero attached hydrogens (tertiary/aromatic N) is 2. The average molecular weight is 471 g/mol. The molecule has 1 atom stereocenters. The van der Waals surface area contributed by atoms with E-state index in [4.69, 9.17) is 4.74 Å². The van der Waals surface area contributed by atoms with E-state index in [9.17, 15) is 26.4 Å². The van der Waals surface area contributed by atoms with Gasteiger partial charge in [-0.05, 0) is 44.2 Å². The lowest BCUT2D eigenvalue weighted by Gasteiger charge is -2.32. The van der Waals surface area contributed by atoms with Crippen molar-refractivity contribution < 1.29 is 31.1 Å². The van der Waals surface area contributed by atoms with Gasteiger partial charge in [-0.15, -0.1) is 0 Å². The van der Waals surface area contributed by atoms with Crippen molar-refractivity contribution in [2.75, 3.05) is 30.5 Å². The molecule has 1 saturated heterocycles. The van der Waals surface area contributed by atoms with Crippen LogP contribution in [0.5, 0.6) is 0 Å². The minimum Gasteiger partial charge on any atom is -0.375 e. The van der Waals surface area contributed by atoms with E-state index in [0.717, 1.165) is 28.1 Å². The number of alkyl halides is 3. The molecule has 1 unspecified atom stereocenters. The SMILES string of the molecule is Cc1ccc(N(CCC(=O)N2CCOC(C)C2)S(=O)(=O)c2cccc(C(F)(F)F)c2)cc1. The summed E-state index contributed by atoms with van der Waals surface area (Å²) in [6.45, 7) is 4.69. The fourth-order valence-corrected chi connectivity index (χ4v) is 4.97. The zero-order valence-electron chi connectivity index (χ0n) is 17.8. The molecule has 2 aromatic carbocycles. The lowest BCUT2D eigenvalue weighted by Crippen LogP contribution is -2.45. The molecule has 0 aliphatic carbocycles. The monoisotopic (exact) mass is 470 g/mol. The number of sulfonamides is 1. The molecule has 32 heavy (non-hydrogen) atoms. The second kappa shape index (κ2) is 9.50.